The quantitative estimate of drug-likeness (QED) is 0.772. The number of rotatable bonds is 4. The highest BCUT2D eigenvalue weighted by atomic mass is 127. The van der Waals surface area contributed by atoms with Crippen molar-refractivity contribution in [2.75, 3.05) is 13.7 Å². The fourth-order valence-electron chi connectivity index (χ4n) is 1.13. The molecule has 3 nitrogen and oxygen atoms in total. The van der Waals surface area contributed by atoms with Crippen LogP contribution in [0.1, 0.15) is 24.2 Å². The number of ether oxygens (including phenoxy) is 1. The fourth-order valence-corrected chi connectivity index (χ4v) is 2.05. The lowest BCUT2D eigenvalue weighted by Gasteiger charge is -2.23. The van der Waals surface area contributed by atoms with Crippen LogP contribution in [0.25, 0.3) is 0 Å². The summed E-state index contributed by atoms with van der Waals surface area (Å²) in [6.45, 7) is 4.33. The second kappa shape index (κ2) is 6.15. The summed E-state index contributed by atoms with van der Waals surface area (Å²) in [6, 6.07) is 5.67. The van der Waals surface area contributed by atoms with Gasteiger partial charge in [-0.3, -0.25) is 4.79 Å². The standard InChI is InChI=1S/C12H15BrINO2/c1-12(2,17-3)7-15-11(16)9-6-8(14)4-5-10(9)13/h4-6H,7H2,1-3H3,(H,15,16). The molecule has 0 unspecified atom stereocenters. The topological polar surface area (TPSA) is 38.3 Å². The Morgan fingerprint density at radius 3 is 2.76 bits per heavy atom. The maximum atomic E-state index is 12.0. The van der Waals surface area contributed by atoms with Crippen molar-refractivity contribution in [3.63, 3.8) is 0 Å². The highest BCUT2D eigenvalue weighted by molar-refractivity contribution is 14.1. The summed E-state index contributed by atoms with van der Waals surface area (Å²) in [4.78, 5) is 12.0. The number of halogens is 2. The molecule has 0 aliphatic rings. The molecule has 0 saturated carbocycles. The minimum Gasteiger partial charge on any atom is -0.377 e. The van der Waals surface area contributed by atoms with E-state index in [2.05, 4.69) is 43.8 Å². The second-order valence-corrected chi connectivity index (χ2v) is 6.37. The van der Waals surface area contributed by atoms with E-state index in [0.717, 1.165) is 8.04 Å². The van der Waals surface area contributed by atoms with Gasteiger partial charge in [-0.05, 0) is 70.6 Å². The Labute approximate surface area is 124 Å². The Balaban J connectivity index is 2.74. The monoisotopic (exact) mass is 411 g/mol. The van der Waals surface area contributed by atoms with Crippen molar-refractivity contribution in [1.82, 2.24) is 5.32 Å². The van der Waals surface area contributed by atoms with Gasteiger partial charge in [-0.25, -0.2) is 0 Å². The number of nitrogens with one attached hydrogen (secondary N) is 1. The van der Waals surface area contributed by atoms with Crippen molar-refractivity contribution in [2.24, 2.45) is 0 Å². The Morgan fingerprint density at radius 2 is 2.18 bits per heavy atom. The molecule has 0 atom stereocenters. The van der Waals surface area contributed by atoms with Crippen molar-refractivity contribution < 1.29 is 9.53 Å². The van der Waals surface area contributed by atoms with Gasteiger partial charge in [0, 0.05) is 21.7 Å². The molecule has 0 heterocycles. The Morgan fingerprint density at radius 1 is 1.53 bits per heavy atom. The fraction of sp³-hybridized carbons (Fsp3) is 0.417. The Hall–Kier alpha value is -0.140. The summed E-state index contributed by atoms with van der Waals surface area (Å²) in [5, 5.41) is 2.86. The first-order chi connectivity index (χ1) is 7.85. The lowest BCUT2D eigenvalue weighted by molar-refractivity contribution is 0.0228. The van der Waals surface area contributed by atoms with Crippen LogP contribution in [0.4, 0.5) is 0 Å². The molecular weight excluding hydrogens is 397 g/mol. The largest absolute Gasteiger partial charge is 0.377 e. The molecule has 0 bridgehead atoms. The molecule has 0 aromatic heterocycles. The highest BCUT2D eigenvalue weighted by Crippen LogP contribution is 2.19. The number of carbonyl (C=O) groups excluding carboxylic acids is 1. The van der Waals surface area contributed by atoms with Crippen molar-refractivity contribution in [3.8, 4) is 0 Å². The molecule has 5 heteroatoms. The van der Waals surface area contributed by atoms with Crippen LogP contribution in [0.5, 0.6) is 0 Å². The van der Waals surface area contributed by atoms with Crippen LogP contribution in [0, 0.1) is 3.57 Å². The van der Waals surface area contributed by atoms with E-state index in [0.29, 0.717) is 12.1 Å². The van der Waals surface area contributed by atoms with Gasteiger partial charge in [-0.1, -0.05) is 0 Å². The maximum absolute atomic E-state index is 12.0. The van der Waals surface area contributed by atoms with Gasteiger partial charge in [-0.15, -0.1) is 0 Å². The first kappa shape index (κ1) is 14.9. The van der Waals surface area contributed by atoms with Gasteiger partial charge in [0.1, 0.15) is 0 Å². The third-order valence-corrected chi connectivity index (χ3v) is 3.76. The van der Waals surface area contributed by atoms with Crippen molar-refractivity contribution in [2.45, 2.75) is 19.4 Å². The van der Waals surface area contributed by atoms with E-state index in [1.807, 2.05) is 32.0 Å². The number of carbonyl (C=O) groups is 1. The summed E-state index contributed by atoms with van der Waals surface area (Å²) < 4.78 is 7.08. The van der Waals surface area contributed by atoms with Gasteiger partial charge in [-0.2, -0.15) is 0 Å². The summed E-state index contributed by atoms with van der Waals surface area (Å²) >= 11 is 5.56. The zero-order valence-electron chi connectivity index (χ0n) is 10.0. The molecule has 0 aliphatic heterocycles. The van der Waals surface area contributed by atoms with E-state index in [9.17, 15) is 4.79 Å². The van der Waals surface area contributed by atoms with Gasteiger partial charge in [0.15, 0.2) is 0 Å². The summed E-state index contributed by atoms with van der Waals surface area (Å²) in [6.07, 6.45) is 0. The molecule has 0 saturated heterocycles. The van der Waals surface area contributed by atoms with Crippen LogP contribution in [0.2, 0.25) is 0 Å². The molecule has 0 fully saturated rings. The molecule has 1 rings (SSSR count). The van der Waals surface area contributed by atoms with Gasteiger partial charge >= 0.3 is 0 Å². The van der Waals surface area contributed by atoms with Crippen LogP contribution in [0.3, 0.4) is 0 Å². The Kier molecular flexibility index (Phi) is 5.40. The predicted octanol–water partition coefficient (Wildman–Crippen LogP) is 3.21. The van der Waals surface area contributed by atoms with Gasteiger partial charge in [0.25, 0.3) is 5.91 Å². The number of benzene rings is 1. The molecule has 1 amide bonds. The van der Waals surface area contributed by atoms with E-state index >= 15 is 0 Å². The van der Waals surface area contributed by atoms with Crippen molar-refractivity contribution in [1.29, 1.82) is 0 Å². The number of hydrogen-bond donors (Lipinski definition) is 1. The molecule has 17 heavy (non-hydrogen) atoms. The van der Waals surface area contributed by atoms with E-state index in [4.69, 9.17) is 4.74 Å². The molecule has 0 aliphatic carbocycles. The zero-order valence-corrected chi connectivity index (χ0v) is 13.8. The molecule has 0 radical (unpaired) electrons. The molecule has 1 aromatic rings. The summed E-state index contributed by atoms with van der Waals surface area (Å²) in [5.74, 6) is -0.0967. The lowest BCUT2D eigenvalue weighted by Crippen LogP contribution is -2.39. The van der Waals surface area contributed by atoms with Crippen LogP contribution < -0.4 is 5.32 Å². The first-order valence-electron chi connectivity index (χ1n) is 5.14. The SMILES string of the molecule is COC(C)(C)CNC(=O)c1cc(I)ccc1Br. The third kappa shape index (κ3) is 4.56. The number of hydrogen-bond acceptors (Lipinski definition) is 2. The van der Waals surface area contributed by atoms with E-state index < -0.39 is 0 Å². The molecular formula is C12H15BrINO2. The minimum absolute atomic E-state index is 0.0967. The van der Waals surface area contributed by atoms with Crippen LogP contribution >= 0.6 is 38.5 Å². The average Bonchev–Trinajstić information content (AvgIpc) is 2.29. The average molecular weight is 412 g/mol. The summed E-state index contributed by atoms with van der Waals surface area (Å²) in [5.41, 5.74) is 0.285. The van der Waals surface area contributed by atoms with E-state index in [1.54, 1.807) is 7.11 Å². The van der Waals surface area contributed by atoms with Gasteiger partial charge < -0.3 is 10.1 Å². The van der Waals surface area contributed by atoms with Gasteiger partial charge in [0.05, 0.1) is 11.2 Å². The van der Waals surface area contributed by atoms with Crippen LogP contribution in [0.15, 0.2) is 22.7 Å². The van der Waals surface area contributed by atoms with Crippen molar-refractivity contribution >= 4 is 44.4 Å². The van der Waals surface area contributed by atoms with Crippen LogP contribution in [-0.4, -0.2) is 25.2 Å². The van der Waals surface area contributed by atoms with E-state index in [-0.39, 0.29) is 11.5 Å². The van der Waals surface area contributed by atoms with E-state index in [1.165, 1.54) is 0 Å². The summed E-state index contributed by atoms with van der Waals surface area (Å²) in [7, 11) is 1.63. The van der Waals surface area contributed by atoms with Crippen molar-refractivity contribution in [3.05, 3.63) is 31.8 Å². The molecule has 1 N–H and O–H groups in total. The Bertz CT molecular complexity index is 421. The first-order valence-corrected chi connectivity index (χ1v) is 7.01. The number of methoxy groups -OCH3 is 1. The number of amides is 1. The normalized spacial score (nSPS) is 11.4. The minimum atomic E-state index is -0.357. The molecule has 1 aromatic carbocycles. The smallest absolute Gasteiger partial charge is 0.252 e. The van der Waals surface area contributed by atoms with Crippen LogP contribution in [-0.2, 0) is 4.74 Å². The third-order valence-electron chi connectivity index (χ3n) is 2.40. The second-order valence-electron chi connectivity index (χ2n) is 4.27. The maximum Gasteiger partial charge on any atom is 0.252 e. The predicted molar refractivity (Wildman–Crippen MR) is 80.3 cm³/mol. The molecule has 94 valence electrons. The highest BCUT2D eigenvalue weighted by Gasteiger charge is 2.18. The lowest BCUT2D eigenvalue weighted by atomic mass is 10.1. The zero-order chi connectivity index (χ0) is 13.1. The van der Waals surface area contributed by atoms with Gasteiger partial charge in [0.2, 0.25) is 0 Å². The molecule has 0 spiro atoms.